The normalized spacial score (nSPS) is 31.0. The average molecular weight is 113 g/mol. The summed E-state index contributed by atoms with van der Waals surface area (Å²) in [5.74, 6) is 0. The van der Waals surface area contributed by atoms with E-state index in [-0.39, 0.29) is 6.10 Å². The van der Waals surface area contributed by atoms with E-state index in [0.717, 1.165) is 6.54 Å². The molecule has 0 aromatic heterocycles. The van der Waals surface area contributed by atoms with Gasteiger partial charge < -0.3 is 0 Å². The SMILES string of the molecule is CC1C=CCN(C)O1. The van der Waals surface area contributed by atoms with Crippen molar-refractivity contribution in [3.63, 3.8) is 0 Å². The molecule has 1 aliphatic rings. The summed E-state index contributed by atoms with van der Waals surface area (Å²) in [6.07, 6.45) is 4.42. The minimum absolute atomic E-state index is 0.258. The first-order valence-corrected chi connectivity index (χ1v) is 2.83. The van der Waals surface area contributed by atoms with E-state index in [9.17, 15) is 0 Å². The van der Waals surface area contributed by atoms with Crippen molar-refractivity contribution < 1.29 is 4.84 Å². The highest BCUT2D eigenvalue weighted by atomic mass is 16.7. The second-order valence-corrected chi connectivity index (χ2v) is 2.05. The molecule has 0 bridgehead atoms. The summed E-state index contributed by atoms with van der Waals surface area (Å²) in [6, 6.07) is 0. The summed E-state index contributed by atoms with van der Waals surface area (Å²) in [7, 11) is 1.93. The first kappa shape index (κ1) is 5.79. The van der Waals surface area contributed by atoms with Gasteiger partial charge in [0.05, 0.1) is 6.10 Å². The van der Waals surface area contributed by atoms with Crippen LogP contribution in [0, 0.1) is 0 Å². The highest BCUT2D eigenvalue weighted by molar-refractivity contribution is 4.91. The predicted octanol–water partition coefficient (Wildman–Crippen LogP) is 0.808. The molecule has 0 amide bonds. The van der Waals surface area contributed by atoms with Crippen molar-refractivity contribution in [2.45, 2.75) is 13.0 Å². The van der Waals surface area contributed by atoms with Crippen LogP contribution in [0.5, 0.6) is 0 Å². The molecule has 1 heterocycles. The van der Waals surface area contributed by atoms with Crippen LogP contribution >= 0.6 is 0 Å². The van der Waals surface area contributed by atoms with E-state index < -0.39 is 0 Å². The van der Waals surface area contributed by atoms with Crippen LogP contribution in [0.1, 0.15) is 6.92 Å². The molecular formula is C6H11NO. The van der Waals surface area contributed by atoms with Crippen molar-refractivity contribution in [1.29, 1.82) is 0 Å². The zero-order valence-electron chi connectivity index (χ0n) is 5.29. The second-order valence-electron chi connectivity index (χ2n) is 2.05. The van der Waals surface area contributed by atoms with E-state index in [0.29, 0.717) is 0 Å². The molecular weight excluding hydrogens is 102 g/mol. The van der Waals surface area contributed by atoms with E-state index in [1.54, 1.807) is 0 Å². The molecule has 0 radical (unpaired) electrons. The van der Waals surface area contributed by atoms with Crippen molar-refractivity contribution in [3.05, 3.63) is 12.2 Å². The highest BCUT2D eigenvalue weighted by Crippen LogP contribution is 2.01. The molecule has 0 aliphatic carbocycles. The van der Waals surface area contributed by atoms with Gasteiger partial charge >= 0.3 is 0 Å². The lowest BCUT2D eigenvalue weighted by Gasteiger charge is -2.21. The lowest BCUT2D eigenvalue weighted by molar-refractivity contribution is -0.160. The zero-order valence-corrected chi connectivity index (χ0v) is 5.29. The van der Waals surface area contributed by atoms with Crippen molar-refractivity contribution in [2.24, 2.45) is 0 Å². The Kier molecular flexibility index (Phi) is 1.65. The number of hydrogen-bond acceptors (Lipinski definition) is 2. The first-order chi connectivity index (χ1) is 3.79. The van der Waals surface area contributed by atoms with Gasteiger partial charge in [0.15, 0.2) is 0 Å². The van der Waals surface area contributed by atoms with Crippen LogP contribution in [-0.2, 0) is 4.84 Å². The first-order valence-electron chi connectivity index (χ1n) is 2.83. The van der Waals surface area contributed by atoms with Gasteiger partial charge in [-0.3, -0.25) is 4.84 Å². The molecule has 0 N–H and O–H groups in total. The van der Waals surface area contributed by atoms with E-state index in [1.807, 2.05) is 19.0 Å². The minimum Gasteiger partial charge on any atom is -0.292 e. The molecule has 46 valence electrons. The van der Waals surface area contributed by atoms with Crippen LogP contribution in [0.25, 0.3) is 0 Å². The number of hydrogen-bond donors (Lipinski definition) is 0. The molecule has 0 spiro atoms. The Hall–Kier alpha value is -0.340. The van der Waals surface area contributed by atoms with Crippen LogP contribution in [0.2, 0.25) is 0 Å². The molecule has 0 aromatic carbocycles. The minimum atomic E-state index is 0.258. The molecule has 0 aromatic rings. The van der Waals surface area contributed by atoms with Crippen LogP contribution in [-0.4, -0.2) is 24.8 Å². The quantitative estimate of drug-likeness (QED) is 0.431. The lowest BCUT2D eigenvalue weighted by atomic mass is 10.3. The van der Waals surface area contributed by atoms with Gasteiger partial charge in [-0.15, -0.1) is 0 Å². The van der Waals surface area contributed by atoms with Gasteiger partial charge in [-0.1, -0.05) is 12.2 Å². The Morgan fingerprint density at radius 2 is 2.50 bits per heavy atom. The number of likely N-dealkylation sites (N-methyl/N-ethyl adjacent to an activating group) is 1. The number of rotatable bonds is 0. The maximum absolute atomic E-state index is 5.23. The molecule has 8 heavy (non-hydrogen) atoms. The number of hydroxylamine groups is 2. The maximum atomic E-state index is 5.23. The molecule has 1 rings (SSSR count). The van der Waals surface area contributed by atoms with Gasteiger partial charge in [0, 0.05) is 13.6 Å². The summed E-state index contributed by atoms with van der Waals surface area (Å²) in [4.78, 5) is 5.23. The molecule has 0 saturated carbocycles. The van der Waals surface area contributed by atoms with Crippen LogP contribution in [0.15, 0.2) is 12.2 Å². The third-order valence-corrected chi connectivity index (χ3v) is 1.12. The van der Waals surface area contributed by atoms with Gasteiger partial charge in [0.2, 0.25) is 0 Å². The van der Waals surface area contributed by atoms with Gasteiger partial charge in [-0.05, 0) is 6.92 Å². The van der Waals surface area contributed by atoms with Gasteiger partial charge in [0.1, 0.15) is 0 Å². The fourth-order valence-electron chi connectivity index (χ4n) is 0.763. The van der Waals surface area contributed by atoms with Crippen molar-refractivity contribution in [2.75, 3.05) is 13.6 Å². The summed E-state index contributed by atoms with van der Waals surface area (Å²) < 4.78 is 0. The second kappa shape index (κ2) is 2.29. The largest absolute Gasteiger partial charge is 0.292 e. The Labute approximate surface area is 49.7 Å². The molecule has 1 aliphatic heterocycles. The van der Waals surface area contributed by atoms with Crippen LogP contribution < -0.4 is 0 Å². The van der Waals surface area contributed by atoms with Crippen LogP contribution in [0.4, 0.5) is 0 Å². The zero-order chi connectivity index (χ0) is 5.98. The predicted molar refractivity (Wildman–Crippen MR) is 32.3 cm³/mol. The Morgan fingerprint density at radius 3 is 2.88 bits per heavy atom. The molecule has 2 nitrogen and oxygen atoms in total. The van der Waals surface area contributed by atoms with Gasteiger partial charge in [0.25, 0.3) is 0 Å². The third kappa shape index (κ3) is 1.32. The van der Waals surface area contributed by atoms with E-state index in [4.69, 9.17) is 4.84 Å². The fourth-order valence-corrected chi connectivity index (χ4v) is 0.763. The fraction of sp³-hybridized carbons (Fsp3) is 0.667. The molecule has 2 heteroatoms. The van der Waals surface area contributed by atoms with E-state index in [2.05, 4.69) is 12.2 Å². The number of nitrogens with zero attached hydrogens (tertiary/aromatic N) is 1. The average Bonchev–Trinajstić information content (AvgIpc) is 1.64. The van der Waals surface area contributed by atoms with E-state index >= 15 is 0 Å². The van der Waals surface area contributed by atoms with Gasteiger partial charge in [-0.25, -0.2) is 0 Å². The Morgan fingerprint density at radius 1 is 1.75 bits per heavy atom. The summed E-state index contributed by atoms with van der Waals surface area (Å²) in [5, 5.41) is 1.82. The molecule has 1 unspecified atom stereocenters. The summed E-state index contributed by atoms with van der Waals surface area (Å²) >= 11 is 0. The maximum Gasteiger partial charge on any atom is 0.0946 e. The Balaban J connectivity index is 2.42. The summed E-state index contributed by atoms with van der Waals surface area (Å²) in [6.45, 7) is 2.93. The highest BCUT2D eigenvalue weighted by Gasteiger charge is 2.05. The molecule has 0 fully saturated rings. The Bertz CT molecular complexity index is 101. The topological polar surface area (TPSA) is 12.5 Å². The van der Waals surface area contributed by atoms with Crippen molar-refractivity contribution in [1.82, 2.24) is 5.06 Å². The van der Waals surface area contributed by atoms with Crippen molar-refractivity contribution in [3.8, 4) is 0 Å². The smallest absolute Gasteiger partial charge is 0.0946 e. The standard InChI is InChI=1S/C6H11NO/c1-6-4-3-5-7(2)8-6/h3-4,6H,5H2,1-2H3. The van der Waals surface area contributed by atoms with E-state index in [1.165, 1.54) is 0 Å². The van der Waals surface area contributed by atoms with Crippen molar-refractivity contribution >= 4 is 0 Å². The third-order valence-electron chi connectivity index (χ3n) is 1.12. The molecule has 1 atom stereocenters. The van der Waals surface area contributed by atoms with Crippen LogP contribution in [0.3, 0.4) is 0 Å². The lowest BCUT2D eigenvalue weighted by Crippen LogP contribution is -2.27. The summed E-state index contributed by atoms with van der Waals surface area (Å²) in [5.41, 5.74) is 0. The molecule has 0 saturated heterocycles. The van der Waals surface area contributed by atoms with Gasteiger partial charge in [-0.2, -0.15) is 5.06 Å². The monoisotopic (exact) mass is 113 g/mol.